The molecule has 2 rings (SSSR count). The lowest BCUT2D eigenvalue weighted by atomic mass is 10.2. The second kappa shape index (κ2) is 6.73. The highest BCUT2D eigenvalue weighted by molar-refractivity contribution is 7.99. The molecular formula is C13H11F3N4O2S. The first kappa shape index (κ1) is 16.9. The van der Waals surface area contributed by atoms with E-state index in [0.29, 0.717) is 10.8 Å². The fourth-order valence-corrected chi connectivity index (χ4v) is 2.48. The van der Waals surface area contributed by atoms with Gasteiger partial charge in [-0.1, -0.05) is 11.8 Å². The van der Waals surface area contributed by atoms with Gasteiger partial charge in [-0.3, -0.25) is 14.7 Å². The van der Waals surface area contributed by atoms with Crippen molar-refractivity contribution in [2.75, 3.05) is 5.75 Å². The maximum absolute atomic E-state index is 12.5. The van der Waals surface area contributed by atoms with Crippen LogP contribution in [0.1, 0.15) is 5.56 Å². The van der Waals surface area contributed by atoms with E-state index in [1.54, 1.807) is 6.20 Å². The first-order chi connectivity index (χ1) is 10.8. The summed E-state index contributed by atoms with van der Waals surface area (Å²) in [5, 5.41) is 2.30. The van der Waals surface area contributed by atoms with Gasteiger partial charge in [0.1, 0.15) is 0 Å². The maximum Gasteiger partial charge on any atom is 0.416 e. The van der Waals surface area contributed by atoms with Crippen molar-refractivity contribution in [2.24, 2.45) is 5.73 Å². The molecule has 0 spiro atoms. The number of halogens is 3. The van der Waals surface area contributed by atoms with Crippen molar-refractivity contribution in [1.82, 2.24) is 14.9 Å². The Labute approximate surface area is 132 Å². The van der Waals surface area contributed by atoms with Crippen molar-refractivity contribution in [3.63, 3.8) is 0 Å². The molecule has 0 aliphatic carbocycles. The third kappa shape index (κ3) is 4.49. The highest BCUT2D eigenvalue weighted by atomic mass is 32.2. The second-order valence-electron chi connectivity index (χ2n) is 4.33. The number of nitrogens with zero attached hydrogens (tertiary/aromatic N) is 2. The summed E-state index contributed by atoms with van der Waals surface area (Å²) in [4.78, 5) is 25.9. The Kier molecular flexibility index (Phi) is 4.94. The van der Waals surface area contributed by atoms with E-state index in [1.165, 1.54) is 22.9 Å². The molecule has 3 N–H and O–H groups in total. The zero-order chi connectivity index (χ0) is 17.0. The number of alkyl halides is 3. The van der Waals surface area contributed by atoms with E-state index in [4.69, 9.17) is 5.73 Å². The van der Waals surface area contributed by atoms with E-state index in [2.05, 4.69) is 4.98 Å². The Morgan fingerprint density at radius 1 is 1.26 bits per heavy atom. The van der Waals surface area contributed by atoms with Crippen LogP contribution in [0.3, 0.4) is 0 Å². The molecule has 23 heavy (non-hydrogen) atoms. The number of imidazole rings is 1. The zero-order valence-electron chi connectivity index (χ0n) is 11.5. The van der Waals surface area contributed by atoms with Gasteiger partial charge in [-0.25, -0.2) is 9.78 Å². The molecule has 0 aliphatic rings. The van der Waals surface area contributed by atoms with Gasteiger partial charge in [0.05, 0.1) is 11.3 Å². The molecule has 0 atom stereocenters. The van der Waals surface area contributed by atoms with Crippen molar-refractivity contribution in [3.8, 4) is 5.69 Å². The highest BCUT2D eigenvalue weighted by Gasteiger charge is 2.30. The molecule has 0 fully saturated rings. The van der Waals surface area contributed by atoms with Crippen LogP contribution in [-0.4, -0.2) is 27.2 Å². The number of carbonyl (C=O) groups excluding carboxylic acids is 2. The predicted molar refractivity (Wildman–Crippen MR) is 77.0 cm³/mol. The minimum Gasteiger partial charge on any atom is -0.351 e. The summed E-state index contributed by atoms with van der Waals surface area (Å²) in [6.07, 6.45) is -1.40. The van der Waals surface area contributed by atoms with Crippen molar-refractivity contribution in [2.45, 2.75) is 11.3 Å². The van der Waals surface area contributed by atoms with Gasteiger partial charge in [-0.15, -0.1) is 0 Å². The van der Waals surface area contributed by atoms with Crippen LogP contribution in [0, 0.1) is 0 Å². The van der Waals surface area contributed by atoms with Crippen LogP contribution < -0.4 is 11.1 Å². The molecule has 2 aromatic rings. The fourth-order valence-electron chi connectivity index (χ4n) is 1.71. The number of imide groups is 1. The monoisotopic (exact) mass is 344 g/mol. The lowest BCUT2D eigenvalue weighted by Gasteiger charge is -2.10. The molecule has 0 saturated heterocycles. The third-order valence-electron chi connectivity index (χ3n) is 2.67. The van der Waals surface area contributed by atoms with Crippen LogP contribution in [0.4, 0.5) is 18.0 Å². The van der Waals surface area contributed by atoms with E-state index in [9.17, 15) is 22.8 Å². The van der Waals surface area contributed by atoms with Gasteiger partial charge in [0, 0.05) is 18.1 Å². The van der Waals surface area contributed by atoms with Gasteiger partial charge in [0.2, 0.25) is 5.91 Å². The molecule has 122 valence electrons. The molecule has 0 radical (unpaired) electrons. The SMILES string of the molecule is NC(=O)NC(=O)CSc1nccn1-c1ccc(C(F)(F)F)cc1. The normalized spacial score (nSPS) is 11.3. The van der Waals surface area contributed by atoms with Crippen molar-refractivity contribution >= 4 is 23.7 Å². The number of aromatic nitrogens is 2. The van der Waals surface area contributed by atoms with Gasteiger partial charge in [-0.2, -0.15) is 13.2 Å². The predicted octanol–water partition coefficient (Wildman–Crippen LogP) is 2.18. The summed E-state index contributed by atoms with van der Waals surface area (Å²) in [5.74, 6) is -0.704. The minimum absolute atomic E-state index is 0.111. The van der Waals surface area contributed by atoms with Gasteiger partial charge in [0.15, 0.2) is 5.16 Å². The van der Waals surface area contributed by atoms with Gasteiger partial charge in [0.25, 0.3) is 0 Å². The number of benzene rings is 1. The largest absolute Gasteiger partial charge is 0.416 e. The summed E-state index contributed by atoms with van der Waals surface area (Å²) in [7, 11) is 0. The molecule has 6 nitrogen and oxygen atoms in total. The zero-order valence-corrected chi connectivity index (χ0v) is 12.3. The van der Waals surface area contributed by atoms with Crippen LogP contribution in [0.2, 0.25) is 0 Å². The van der Waals surface area contributed by atoms with Crippen LogP contribution >= 0.6 is 11.8 Å². The van der Waals surface area contributed by atoms with Gasteiger partial charge < -0.3 is 5.73 Å². The van der Waals surface area contributed by atoms with Crippen LogP contribution in [-0.2, 0) is 11.0 Å². The van der Waals surface area contributed by atoms with E-state index >= 15 is 0 Å². The Morgan fingerprint density at radius 2 is 1.91 bits per heavy atom. The molecule has 0 saturated carbocycles. The quantitative estimate of drug-likeness (QED) is 0.832. The van der Waals surface area contributed by atoms with Crippen LogP contribution in [0.15, 0.2) is 41.8 Å². The lowest BCUT2D eigenvalue weighted by molar-refractivity contribution is -0.137. The topological polar surface area (TPSA) is 90.0 Å². The van der Waals surface area contributed by atoms with Gasteiger partial charge in [-0.05, 0) is 24.3 Å². The Bertz CT molecular complexity index is 713. The number of rotatable bonds is 4. The summed E-state index contributed by atoms with van der Waals surface area (Å²) >= 11 is 1.02. The number of nitrogens with one attached hydrogen (secondary N) is 1. The Balaban J connectivity index is 2.11. The number of primary amides is 1. The number of hydrogen-bond donors (Lipinski definition) is 2. The summed E-state index contributed by atoms with van der Waals surface area (Å²) in [6, 6.07) is 3.57. The molecule has 0 aliphatic heterocycles. The number of amides is 3. The standard InChI is InChI=1S/C13H11F3N4O2S/c14-13(15,16)8-1-3-9(4-2-8)20-6-5-18-12(20)23-7-10(21)19-11(17)22/h1-6H,7H2,(H3,17,19,21,22). The Morgan fingerprint density at radius 3 is 2.48 bits per heavy atom. The number of thioether (sulfide) groups is 1. The van der Waals surface area contributed by atoms with E-state index in [0.717, 1.165) is 23.9 Å². The van der Waals surface area contributed by atoms with E-state index < -0.39 is 23.7 Å². The number of carbonyl (C=O) groups is 2. The summed E-state index contributed by atoms with van der Waals surface area (Å²) < 4.78 is 39.2. The number of nitrogens with two attached hydrogens (primary N) is 1. The molecule has 10 heteroatoms. The first-order valence-electron chi connectivity index (χ1n) is 6.20. The van der Waals surface area contributed by atoms with Crippen LogP contribution in [0.25, 0.3) is 5.69 Å². The molecule has 1 aromatic carbocycles. The second-order valence-corrected chi connectivity index (χ2v) is 5.27. The molecular weight excluding hydrogens is 333 g/mol. The van der Waals surface area contributed by atoms with E-state index in [1.807, 2.05) is 5.32 Å². The smallest absolute Gasteiger partial charge is 0.351 e. The minimum atomic E-state index is -4.40. The number of urea groups is 1. The fraction of sp³-hybridized carbons (Fsp3) is 0.154. The molecule has 0 unspecified atom stereocenters. The van der Waals surface area contributed by atoms with Crippen molar-refractivity contribution in [3.05, 3.63) is 42.2 Å². The Hall–Kier alpha value is -2.49. The molecule has 3 amide bonds. The summed E-state index contributed by atoms with van der Waals surface area (Å²) in [5.41, 5.74) is 4.53. The molecule has 0 bridgehead atoms. The third-order valence-corrected chi connectivity index (χ3v) is 3.64. The molecule has 1 aromatic heterocycles. The molecule has 1 heterocycles. The van der Waals surface area contributed by atoms with Crippen molar-refractivity contribution in [1.29, 1.82) is 0 Å². The highest BCUT2D eigenvalue weighted by Crippen LogP contribution is 2.30. The van der Waals surface area contributed by atoms with Crippen molar-refractivity contribution < 1.29 is 22.8 Å². The lowest BCUT2D eigenvalue weighted by Crippen LogP contribution is -2.36. The van der Waals surface area contributed by atoms with Crippen LogP contribution in [0.5, 0.6) is 0 Å². The average Bonchev–Trinajstić information content (AvgIpc) is 2.92. The first-order valence-corrected chi connectivity index (χ1v) is 7.19. The maximum atomic E-state index is 12.5. The average molecular weight is 344 g/mol. The summed E-state index contributed by atoms with van der Waals surface area (Å²) in [6.45, 7) is 0. The van der Waals surface area contributed by atoms with E-state index in [-0.39, 0.29) is 5.75 Å². The number of hydrogen-bond acceptors (Lipinski definition) is 4. The van der Waals surface area contributed by atoms with Gasteiger partial charge >= 0.3 is 12.2 Å².